The Bertz CT molecular complexity index is 646. The third-order valence-electron chi connectivity index (χ3n) is 2.69. The number of aliphatic hydroxyl groups is 1. The Morgan fingerprint density at radius 2 is 2.05 bits per heavy atom. The highest BCUT2D eigenvalue weighted by atomic mass is 79.9. The van der Waals surface area contributed by atoms with Crippen LogP contribution in [0.3, 0.4) is 0 Å². The van der Waals surface area contributed by atoms with E-state index in [0.29, 0.717) is 10.5 Å². The van der Waals surface area contributed by atoms with Crippen molar-refractivity contribution in [2.45, 2.75) is 22.8 Å². The first-order valence-corrected chi connectivity index (χ1v) is 7.48. The topological polar surface area (TPSA) is 63.4 Å². The van der Waals surface area contributed by atoms with Crippen LogP contribution in [0.4, 0.5) is 5.69 Å². The lowest BCUT2D eigenvalue weighted by molar-refractivity contribution is -0.387. The van der Waals surface area contributed by atoms with E-state index in [4.69, 9.17) is 0 Å². The molecule has 0 spiro atoms. The van der Waals surface area contributed by atoms with Crippen molar-refractivity contribution < 1.29 is 10.0 Å². The molecule has 1 atom stereocenters. The number of nitro groups is 1. The fourth-order valence-electron chi connectivity index (χ4n) is 1.68. The zero-order chi connectivity index (χ0) is 14.7. The van der Waals surface area contributed by atoms with Crippen LogP contribution in [-0.2, 0) is 0 Å². The molecule has 1 N–H and O–H groups in total. The van der Waals surface area contributed by atoms with Crippen LogP contribution in [0.5, 0.6) is 0 Å². The minimum absolute atomic E-state index is 0.00776. The van der Waals surface area contributed by atoms with Gasteiger partial charge in [-0.05, 0) is 36.8 Å². The Kier molecular flexibility index (Phi) is 4.80. The van der Waals surface area contributed by atoms with Crippen molar-refractivity contribution in [3.8, 4) is 0 Å². The van der Waals surface area contributed by atoms with E-state index in [1.165, 1.54) is 17.8 Å². The molecule has 0 aliphatic carbocycles. The van der Waals surface area contributed by atoms with E-state index in [1.807, 2.05) is 24.3 Å². The Labute approximate surface area is 129 Å². The van der Waals surface area contributed by atoms with E-state index in [9.17, 15) is 15.2 Å². The summed E-state index contributed by atoms with van der Waals surface area (Å²) >= 11 is 4.70. The van der Waals surface area contributed by atoms with Gasteiger partial charge in [0.15, 0.2) is 0 Å². The zero-order valence-electron chi connectivity index (χ0n) is 10.6. The average molecular weight is 354 g/mol. The van der Waals surface area contributed by atoms with Gasteiger partial charge in [0, 0.05) is 15.4 Å². The quantitative estimate of drug-likeness (QED) is 0.646. The van der Waals surface area contributed by atoms with Crippen LogP contribution in [-0.4, -0.2) is 10.0 Å². The van der Waals surface area contributed by atoms with Gasteiger partial charge in [-0.15, -0.1) is 0 Å². The summed E-state index contributed by atoms with van der Waals surface area (Å²) in [7, 11) is 0. The third kappa shape index (κ3) is 3.59. The smallest absolute Gasteiger partial charge is 0.283 e. The second kappa shape index (κ2) is 6.39. The molecule has 2 aromatic rings. The molecule has 0 aliphatic heterocycles. The number of aliphatic hydroxyl groups excluding tert-OH is 1. The maximum Gasteiger partial charge on any atom is 0.283 e. The normalized spacial score (nSPS) is 12.2. The maximum absolute atomic E-state index is 11.2. The highest BCUT2D eigenvalue weighted by molar-refractivity contribution is 9.10. The molecule has 0 bridgehead atoms. The fraction of sp³-hybridized carbons (Fsp3) is 0.143. The predicted molar refractivity (Wildman–Crippen MR) is 82.0 cm³/mol. The summed E-state index contributed by atoms with van der Waals surface area (Å²) in [6, 6.07) is 12.4. The molecule has 2 rings (SSSR count). The number of hydrogen-bond acceptors (Lipinski definition) is 4. The van der Waals surface area contributed by atoms with Crippen molar-refractivity contribution in [3.05, 3.63) is 62.6 Å². The summed E-state index contributed by atoms with van der Waals surface area (Å²) in [6.45, 7) is 1.58. The SMILES string of the molecule is C[C@@H](O)c1ccc(Sc2cccc(Br)c2)c([N+](=O)[O-])c1. The summed E-state index contributed by atoms with van der Waals surface area (Å²) in [6.07, 6.45) is -0.724. The number of hydrogen-bond donors (Lipinski definition) is 1. The number of nitro benzene ring substituents is 1. The first kappa shape index (κ1) is 15.0. The van der Waals surface area contributed by atoms with E-state index in [1.54, 1.807) is 19.1 Å². The summed E-state index contributed by atoms with van der Waals surface area (Å²) < 4.78 is 0.922. The number of halogens is 1. The van der Waals surface area contributed by atoms with Crippen LogP contribution in [0.2, 0.25) is 0 Å². The molecule has 0 fully saturated rings. The number of nitrogens with zero attached hydrogens (tertiary/aromatic N) is 1. The van der Waals surface area contributed by atoms with Gasteiger partial charge in [-0.3, -0.25) is 10.1 Å². The Balaban J connectivity index is 2.38. The molecular formula is C14H12BrNO3S. The van der Waals surface area contributed by atoms with Crippen molar-refractivity contribution in [3.63, 3.8) is 0 Å². The van der Waals surface area contributed by atoms with Gasteiger partial charge in [0.05, 0.1) is 15.9 Å². The minimum atomic E-state index is -0.724. The van der Waals surface area contributed by atoms with Gasteiger partial charge >= 0.3 is 0 Å². The molecule has 2 aromatic carbocycles. The summed E-state index contributed by atoms with van der Waals surface area (Å²) in [5, 5.41) is 20.7. The van der Waals surface area contributed by atoms with Crippen molar-refractivity contribution in [1.82, 2.24) is 0 Å². The predicted octanol–water partition coefficient (Wildman–Crippen LogP) is 4.56. The Morgan fingerprint density at radius 1 is 1.30 bits per heavy atom. The second-order valence-electron chi connectivity index (χ2n) is 4.22. The third-order valence-corrected chi connectivity index (χ3v) is 4.23. The largest absolute Gasteiger partial charge is 0.389 e. The van der Waals surface area contributed by atoms with Crippen LogP contribution in [0.1, 0.15) is 18.6 Å². The van der Waals surface area contributed by atoms with Gasteiger partial charge in [-0.2, -0.15) is 0 Å². The van der Waals surface area contributed by atoms with Crippen LogP contribution < -0.4 is 0 Å². The summed E-state index contributed by atoms with van der Waals surface area (Å²) in [5.74, 6) is 0. The van der Waals surface area contributed by atoms with E-state index >= 15 is 0 Å². The van der Waals surface area contributed by atoms with Crippen molar-refractivity contribution in [2.75, 3.05) is 0 Å². The van der Waals surface area contributed by atoms with Gasteiger partial charge in [0.25, 0.3) is 5.69 Å². The van der Waals surface area contributed by atoms with Crippen molar-refractivity contribution in [2.24, 2.45) is 0 Å². The van der Waals surface area contributed by atoms with Gasteiger partial charge in [0.2, 0.25) is 0 Å². The highest BCUT2D eigenvalue weighted by Gasteiger charge is 2.17. The van der Waals surface area contributed by atoms with Gasteiger partial charge < -0.3 is 5.11 Å². The molecule has 0 aromatic heterocycles. The monoisotopic (exact) mass is 353 g/mol. The molecule has 0 amide bonds. The molecule has 20 heavy (non-hydrogen) atoms. The lowest BCUT2D eigenvalue weighted by atomic mass is 10.1. The molecule has 0 unspecified atom stereocenters. The zero-order valence-corrected chi connectivity index (χ0v) is 13.0. The average Bonchev–Trinajstić information content (AvgIpc) is 2.38. The Morgan fingerprint density at radius 3 is 2.65 bits per heavy atom. The lowest BCUT2D eigenvalue weighted by Gasteiger charge is -2.08. The van der Waals surface area contributed by atoms with Crippen LogP contribution >= 0.6 is 27.7 Å². The van der Waals surface area contributed by atoms with Crippen LogP contribution in [0, 0.1) is 10.1 Å². The number of rotatable bonds is 4. The molecule has 4 nitrogen and oxygen atoms in total. The van der Waals surface area contributed by atoms with Crippen LogP contribution in [0.25, 0.3) is 0 Å². The van der Waals surface area contributed by atoms with Crippen molar-refractivity contribution >= 4 is 33.4 Å². The first-order valence-electron chi connectivity index (χ1n) is 5.87. The molecule has 104 valence electrons. The lowest BCUT2D eigenvalue weighted by Crippen LogP contribution is -1.96. The van der Waals surface area contributed by atoms with Gasteiger partial charge in [-0.25, -0.2) is 0 Å². The van der Waals surface area contributed by atoms with Crippen molar-refractivity contribution in [1.29, 1.82) is 0 Å². The summed E-state index contributed by atoms with van der Waals surface area (Å²) in [4.78, 5) is 12.2. The van der Waals surface area contributed by atoms with Crippen LogP contribution in [0.15, 0.2) is 56.7 Å². The van der Waals surface area contributed by atoms with Gasteiger partial charge in [0.1, 0.15) is 0 Å². The standard InChI is InChI=1S/C14H12BrNO3S/c1-9(17)10-5-6-14(13(7-10)16(18)19)20-12-4-2-3-11(15)8-12/h2-9,17H,1H3/t9-/m1/s1. The van der Waals surface area contributed by atoms with E-state index in [-0.39, 0.29) is 5.69 Å². The molecule has 0 heterocycles. The second-order valence-corrected chi connectivity index (χ2v) is 6.25. The van der Waals surface area contributed by atoms with E-state index in [0.717, 1.165) is 9.37 Å². The maximum atomic E-state index is 11.2. The minimum Gasteiger partial charge on any atom is -0.389 e. The molecule has 6 heteroatoms. The van der Waals surface area contributed by atoms with E-state index < -0.39 is 11.0 Å². The molecule has 0 radical (unpaired) electrons. The molecular weight excluding hydrogens is 342 g/mol. The Hall–Kier alpha value is -1.37. The molecule has 0 saturated carbocycles. The summed E-state index contributed by atoms with van der Waals surface area (Å²) in [5.41, 5.74) is 0.545. The van der Waals surface area contributed by atoms with Gasteiger partial charge in [-0.1, -0.05) is 39.8 Å². The highest BCUT2D eigenvalue weighted by Crippen LogP contribution is 2.37. The number of benzene rings is 2. The molecule has 0 aliphatic rings. The fourth-order valence-corrected chi connectivity index (χ4v) is 3.19. The molecule has 0 saturated heterocycles. The first-order chi connectivity index (χ1) is 9.47. The van der Waals surface area contributed by atoms with E-state index in [2.05, 4.69) is 15.9 Å².